The van der Waals surface area contributed by atoms with Crippen LogP contribution in [-0.4, -0.2) is 74.3 Å². The van der Waals surface area contributed by atoms with Gasteiger partial charge in [0.2, 0.25) is 12.4 Å². The first kappa shape index (κ1) is 26.6. The van der Waals surface area contributed by atoms with Crippen LogP contribution < -0.4 is 4.74 Å². The summed E-state index contributed by atoms with van der Waals surface area (Å²) in [6.07, 6.45) is -7.11. The molecule has 0 bridgehead atoms. The third-order valence-corrected chi connectivity index (χ3v) is 4.50. The first-order valence-electron chi connectivity index (χ1n) is 10.2. The number of benzene rings is 1. The molecule has 186 valence electrons. The summed E-state index contributed by atoms with van der Waals surface area (Å²) < 4.78 is 36.9. The van der Waals surface area contributed by atoms with Gasteiger partial charge in [-0.2, -0.15) is 0 Å². The Bertz CT molecular complexity index is 909. The average Bonchev–Trinajstić information content (AvgIpc) is 2.75. The number of hydrogen-bond acceptors (Lipinski definition) is 12. The Morgan fingerprint density at radius 3 is 1.76 bits per heavy atom. The quantitative estimate of drug-likeness (QED) is 0.383. The van der Waals surface area contributed by atoms with E-state index in [1.165, 1.54) is 31.4 Å². The van der Waals surface area contributed by atoms with Crippen LogP contribution in [0.2, 0.25) is 0 Å². The van der Waals surface area contributed by atoms with E-state index in [0.717, 1.165) is 27.7 Å². The molecule has 0 spiro atoms. The monoisotopic (exact) mass is 482 g/mol. The van der Waals surface area contributed by atoms with E-state index in [1.54, 1.807) is 0 Å². The summed E-state index contributed by atoms with van der Waals surface area (Å²) in [5, 5.41) is 0. The summed E-state index contributed by atoms with van der Waals surface area (Å²) in [7, 11) is 1.46. The number of carbonyl (C=O) groups excluding carboxylic acids is 5. The van der Waals surface area contributed by atoms with E-state index < -0.39 is 67.2 Å². The zero-order valence-electron chi connectivity index (χ0n) is 19.3. The predicted octanol–water partition coefficient (Wildman–Crippen LogP) is 0.935. The van der Waals surface area contributed by atoms with Crippen molar-refractivity contribution in [2.75, 3.05) is 13.7 Å². The van der Waals surface area contributed by atoms with Gasteiger partial charge in [-0.1, -0.05) is 0 Å². The van der Waals surface area contributed by atoms with E-state index in [9.17, 15) is 24.0 Å². The van der Waals surface area contributed by atoms with Gasteiger partial charge in [0, 0.05) is 27.7 Å². The normalized spacial score (nSPS) is 23.7. The van der Waals surface area contributed by atoms with Crippen LogP contribution in [0.1, 0.15) is 38.1 Å². The Balaban J connectivity index is 2.41. The molecule has 1 aliphatic rings. The molecule has 0 aromatic heterocycles. The Morgan fingerprint density at radius 1 is 0.735 bits per heavy atom. The highest BCUT2D eigenvalue weighted by molar-refractivity contribution is 5.89. The second kappa shape index (κ2) is 12.0. The van der Waals surface area contributed by atoms with Crippen LogP contribution in [-0.2, 0) is 47.6 Å². The lowest BCUT2D eigenvalue weighted by Crippen LogP contribution is -2.63. The summed E-state index contributed by atoms with van der Waals surface area (Å²) in [5.74, 6) is -3.40. The topological polar surface area (TPSA) is 150 Å². The van der Waals surface area contributed by atoms with Crippen LogP contribution in [0.3, 0.4) is 0 Å². The van der Waals surface area contributed by atoms with E-state index in [2.05, 4.69) is 0 Å². The Hall–Kier alpha value is -3.67. The van der Waals surface area contributed by atoms with E-state index in [-0.39, 0.29) is 5.56 Å². The summed E-state index contributed by atoms with van der Waals surface area (Å²) >= 11 is 0. The minimum absolute atomic E-state index is 0.119. The number of ether oxygens (including phenoxy) is 7. The van der Waals surface area contributed by atoms with Crippen LogP contribution in [0, 0.1) is 0 Å². The van der Waals surface area contributed by atoms with Crippen molar-refractivity contribution in [3.63, 3.8) is 0 Å². The molecule has 1 saturated heterocycles. The maximum atomic E-state index is 12.7. The van der Waals surface area contributed by atoms with Gasteiger partial charge in [0.25, 0.3) is 0 Å². The van der Waals surface area contributed by atoms with Gasteiger partial charge >= 0.3 is 29.8 Å². The van der Waals surface area contributed by atoms with Gasteiger partial charge in [-0.05, 0) is 24.3 Å². The van der Waals surface area contributed by atoms with E-state index >= 15 is 0 Å². The molecule has 1 fully saturated rings. The van der Waals surface area contributed by atoms with Crippen LogP contribution in [0.15, 0.2) is 24.3 Å². The Labute approximate surface area is 195 Å². The highest BCUT2D eigenvalue weighted by atomic mass is 16.7. The van der Waals surface area contributed by atoms with Crippen molar-refractivity contribution in [2.45, 2.75) is 58.4 Å². The van der Waals surface area contributed by atoms with Gasteiger partial charge in [0.15, 0.2) is 12.2 Å². The second-order valence-corrected chi connectivity index (χ2v) is 7.20. The maximum Gasteiger partial charge on any atom is 0.340 e. The van der Waals surface area contributed by atoms with Crippen LogP contribution in [0.25, 0.3) is 0 Å². The maximum absolute atomic E-state index is 12.7. The number of rotatable bonds is 8. The molecule has 12 nitrogen and oxygen atoms in total. The molecular formula is C22H26O12. The molecule has 0 aliphatic carbocycles. The number of methoxy groups -OCH3 is 1. The smallest absolute Gasteiger partial charge is 0.340 e. The molecule has 1 aromatic rings. The molecule has 0 amide bonds. The third-order valence-electron chi connectivity index (χ3n) is 4.50. The summed E-state index contributed by atoms with van der Waals surface area (Å²) in [6.45, 7) is 3.98. The lowest BCUT2D eigenvalue weighted by Gasteiger charge is -2.43. The van der Waals surface area contributed by atoms with Gasteiger partial charge < -0.3 is 33.2 Å². The highest BCUT2D eigenvalue weighted by Gasteiger charge is 2.53. The minimum Gasteiger partial charge on any atom is -0.497 e. The van der Waals surface area contributed by atoms with Gasteiger partial charge in [0.1, 0.15) is 18.5 Å². The molecule has 1 aromatic carbocycles. The molecular weight excluding hydrogens is 456 g/mol. The van der Waals surface area contributed by atoms with Crippen molar-refractivity contribution in [1.82, 2.24) is 0 Å². The zero-order valence-corrected chi connectivity index (χ0v) is 19.3. The van der Waals surface area contributed by atoms with Crippen LogP contribution in [0.5, 0.6) is 5.75 Å². The predicted molar refractivity (Wildman–Crippen MR) is 110 cm³/mol. The standard InChI is InChI=1S/C22H26O12/c1-11(23)29-10-17-18(30-12(2)24)19(31-13(3)25)20(32-14(4)26)22(33-17)34-21(27)15-6-8-16(28-5)9-7-15/h6-9,17-20,22H,10H2,1-5H3/t17-,18+,19+,20-,22+/m1/s1. The van der Waals surface area contributed by atoms with Gasteiger partial charge in [0.05, 0.1) is 12.7 Å². The molecule has 12 heteroatoms. The highest BCUT2D eigenvalue weighted by Crippen LogP contribution is 2.30. The number of esters is 5. The molecule has 1 aliphatic heterocycles. The van der Waals surface area contributed by atoms with Gasteiger partial charge in [-0.15, -0.1) is 0 Å². The first-order valence-corrected chi connectivity index (χ1v) is 10.2. The van der Waals surface area contributed by atoms with Crippen molar-refractivity contribution < 1.29 is 57.1 Å². The SMILES string of the molecule is COc1ccc(C(=O)O[C@@H]2O[C@H](COC(C)=O)[C@H](OC(C)=O)[C@H](OC(C)=O)[C@H]2OC(C)=O)cc1. The second-order valence-electron chi connectivity index (χ2n) is 7.20. The zero-order chi connectivity index (χ0) is 25.4. The summed E-state index contributed by atoms with van der Waals surface area (Å²) in [5.41, 5.74) is 0.119. The van der Waals surface area contributed by atoms with E-state index in [4.69, 9.17) is 33.2 Å². The average molecular weight is 482 g/mol. The molecule has 0 saturated carbocycles. The molecule has 34 heavy (non-hydrogen) atoms. The van der Waals surface area contributed by atoms with Crippen molar-refractivity contribution in [2.24, 2.45) is 0 Å². The summed E-state index contributed by atoms with van der Waals surface area (Å²) in [6, 6.07) is 5.94. The largest absolute Gasteiger partial charge is 0.497 e. The molecule has 0 radical (unpaired) electrons. The first-order chi connectivity index (χ1) is 16.0. The van der Waals surface area contributed by atoms with Crippen molar-refractivity contribution in [1.29, 1.82) is 0 Å². The van der Waals surface area contributed by atoms with Crippen molar-refractivity contribution >= 4 is 29.8 Å². The Kier molecular flexibility index (Phi) is 9.36. The lowest BCUT2D eigenvalue weighted by atomic mass is 9.98. The lowest BCUT2D eigenvalue weighted by molar-refractivity contribution is -0.294. The molecule has 2 rings (SSSR count). The van der Waals surface area contributed by atoms with E-state index in [0.29, 0.717) is 5.75 Å². The Morgan fingerprint density at radius 2 is 1.26 bits per heavy atom. The number of carbonyl (C=O) groups is 5. The fourth-order valence-electron chi connectivity index (χ4n) is 3.18. The molecule has 1 heterocycles. The van der Waals surface area contributed by atoms with Crippen LogP contribution >= 0.6 is 0 Å². The van der Waals surface area contributed by atoms with Crippen molar-refractivity contribution in [3.05, 3.63) is 29.8 Å². The molecule has 5 atom stereocenters. The summed E-state index contributed by atoms with van der Waals surface area (Å²) in [4.78, 5) is 59.4. The third kappa shape index (κ3) is 7.44. The fraction of sp³-hybridized carbons (Fsp3) is 0.500. The van der Waals surface area contributed by atoms with Gasteiger partial charge in [-0.25, -0.2) is 4.79 Å². The van der Waals surface area contributed by atoms with Gasteiger partial charge in [-0.3, -0.25) is 19.2 Å². The number of hydrogen-bond donors (Lipinski definition) is 0. The molecule has 0 N–H and O–H groups in total. The fourth-order valence-corrected chi connectivity index (χ4v) is 3.18. The van der Waals surface area contributed by atoms with Crippen LogP contribution in [0.4, 0.5) is 0 Å². The molecule has 0 unspecified atom stereocenters. The minimum atomic E-state index is -1.60. The van der Waals surface area contributed by atoms with E-state index in [1.807, 2.05) is 0 Å². The van der Waals surface area contributed by atoms with Crippen molar-refractivity contribution in [3.8, 4) is 5.75 Å².